The van der Waals surface area contributed by atoms with Gasteiger partial charge in [-0.05, 0) is 25.5 Å². The summed E-state index contributed by atoms with van der Waals surface area (Å²) in [5.41, 5.74) is 1.44. The van der Waals surface area contributed by atoms with Crippen molar-refractivity contribution in [2.75, 3.05) is 13.1 Å². The summed E-state index contributed by atoms with van der Waals surface area (Å²) in [6.07, 6.45) is 12.9. The Kier molecular flexibility index (Phi) is 26.9. The van der Waals surface area contributed by atoms with Crippen LogP contribution in [0.5, 0.6) is 0 Å². The first-order valence-corrected chi connectivity index (χ1v) is 7.40. The van der Waals surface area contributed by atoms with E-state index in [4.69, 9.17) is 0 Å². The zero-order valence-electron chi connectivity index (χ0n) is 13.8. The van der Waals surface area contributed by atoms with Gasteiger partial charge in [0.1, 0.15) is 0 Å². The van der Waals surface area contributed by atoms with Crippen LogP contribution in [0.25, 0.3) is 0 Å². The molecule has 0 saturated carbocycles. The van der Waals surface area contributed by atoms with E-state index in [1.54, 1.807) is 0 Å². The average molecular weight is 278 g/mol. The van der Waals surface area contributed by atoms with Crippen LogP contribution in [-0.2, 0) is 0 Å². The van der Waals surface area contributed by atoms with Crippen LogP contribution in [0.2, 0.25) is 0 Å². The molecule has 2 rings (SSSR count). The third kappa shape index (κ3) is 10.8. The Morgan fingerprint density at radius 3 is 2.00 bits per heavy atom. The standard InChI is InChI=1S/C10H14N.3C2H6.K/c1-2-6-10(7-3-1)11-8-4-5-9-11;3*1-2;/h2,4,6-7H,1,3,5,8-9H2;3*1-2H3;/q-1;;;;+1. The Bertz CT molecular complexity index is 191. The van der Waals surface area contributed by atoms with Gasteiger partial charge in [-0.25, -0.2) is 0 Å². The summed E-state index contributed by atoms with van der Waals surface area (Å²) >= 11 is 0. The van der Waals surface area contributed by atoms with Crippen molar-refractivity contribution in [1.29, 1.82) is 0 Å². The van der Waals surface area contributed by atoms with Gasteiger partial charge in [0.25, 0.3) is 0 Å². The Morgan fingerprint density at radius 1 is 1.00 bits per heavy atom. The van der Waals surface area contributed by atoms with E-state index >= 15 is 0 Å². The second-order valence-corrected chi connectivity index (χ2v) is 3.13. The Labute approximate surface area is 159 Å². The maximum Gasteiger partial charge on any atom is 1.00 e. The van der Waals surface area contributed by atoms with Gasteiger partial charge >= 0.3 is 51.4 Å². The van der Waals surface area contributed by atoms with Gasteiger partial charge in [0.05, 0.1) is 0 Å². The molecule has 1 aliphatic carbocycles. The molecule has 1 nitrogen and oxygen atoms in total. The Hall–Kier alpha value is 0.916. The maximum absolute atomic E-state index is 2.44. The first-order valence-electron chi connectivity index (χ1n) is 7.40. The molecule has 0 aromatic rings. The van der Waals surface area contributed by atoms with Crippen molar-refractivity contribution in [3.63, 3.8) is 0 Å². The Morgan fingerprint density at radius 2 is 1.61 bits per heavy atom. The van der Waals surface area contributed by atoms with E-state index in [9.17, 15) is 0 Å². The minimum atomic E-state index is 0. The van der Waals surface area contributed by atoms with Gasteiger partial charge in [-0.1, -0.05) is 53.7 Å². The van der Waals surface area contributed by atoms with Crippen LogP contribution in [0.1, 0.15) is 60.8 Å². The predicted molar refractivity (Wildman–Crippen MR) is 81.0 cm³/mol. The Balaban J connectivity index is -0.000000285. The minimum absolute atomic E-state index is 0. The van der Waals surface area contributed by atoms with Crippen LogP contribution < -0.4 is 51.4 Å². The molecule has 0 atom stereocenters. The molecule has 0 radical (unpaired) electrons. The average Bonchev–Trinajstić information content (AvgIpc) is 3.01. The largest absolute Gasteiger partial charge is 1.00 e. The molecule has 2 aliphatic rings. The molecule has 1 fully saturated rings. The number of hydrogen-bond acceptors (Lipinski definition) is 1. The van der Waals surface area contributed by atoms with Gasteiger partial charge < -0.3 is 11.3 Å². The second kappa shape index (κ2) is 20.2. The van der Waals surface area contributed by atoms with Crippen molar-refractivity contribution < 1.29 is 51.4 Å². The molecule has 2 heteroatoms. The molecule has 0 N–H and O–H groups in total. The van der Waals surface area contributed by atoms with Gasteiger partial charge in [-0.15, -0.1) is 6.54 Å². The topological polar surface area (TPSA) is 3.24 Å². The van der Waals surface area contributed by atoms with E-state index < -0.39 is 0 Å². The van der Waals surface area contributed by atoms with Gasteiger partial charge in [0.2, 0.25) is 0 Å². The zero-order chi connectivity index (χ0) is 13.5. The number of rotatable bonds is 1. The molecule has 0 unspecified atom stereocenters. The van der Waals surface area contributed by atoms with Gasteiger partial charge in [-0.3, -0.25) is 0 Å². The summed E-state index contributed by atoms with van der Waals surface area (Å²) < 4.78 is 0. The molecule has 0 spiro atoms. The monoisotopic (exact) mass is 277 g/mol. The predicted octanol–water partition coefficient (Wildman–Crippen LogP) is 2.21. The van der Waals surface area contributed by atoms with Crippen molar-refractivity contribution in [2.45, 2.75) is 60.8 Å². The fraction of sp³-hybridized carbons (Fsp3) is 0.688. The normalized spacial score (nSPS) is 15.7. The molecule has 0 aromatic heterocycles. The molecule has 0 aromatic carbocycles. The van der Waals surface area contributed by atoms with E-state index in [0.29, 0.717) is 0 Å². The summed E-state index contributed by atoms with van der Waals surface area (Å²) in [6, 6.07) is 0. The number of hydrogen-bond donors (Lipinski definition) is 0. The smallest absolute Gasteiger partial charge is 0.404 e. The van der Waals surface area contributed by atoms with Crippen molar-refractivity contribution in [2.24, 2.45) is 0 Å². The quantitative estimate of drug-likeness (QED) is 0.525. The van der Waals surface area contributed by atoms with Crippen LogP contribution in [0.15, 0.2) is 23.9 Å². The molecular formula is C16H32KN. The molecular weight excluding hydrogens is 245 g/mol. The number of allylic oxidation sites excluding steroid dienone is 3. The van der Waals surface area contributed by atoms with Crippen LogP contribution in [0.3, 0.4) is 0 Å². The van der Waals surface area contributed by atoms with Crippen molar-refractivity contribution in [3.05, 3.63) is 30.3 Å². The molecule has 1 aliphatic heterocycles. The third-order valence-electron chi connectivity index (χ3n) is 2.29. The van der Waals surface area contributed by atoms with E-state index in [0.717, 1.165) is 6.54 Å². The zero-order valence-corrected chi connectivity index (χ0v) is 16.9. The van der Waals surface area contributed by atoms with Crippen molar-refractivity contribution >= 4 is 0 Å². The molecule has 0 bridgehead atoms. The number of nitrogens with zero attached hydrogens (tertiary/aromatic N) is 1. The van der Waals surface area contributed by atoms with E-state index in [1.165, 1.54) is 31.5 Å². The van der Waals surface area contributed by atoms with E-state index in [2.05, 4.69) is 29.5 Å². The summed E-state index contributed by atoms with van der Waals surface area (Å²) in [6.45, 7) is 14.4. The van der Waals surface area contributed by atoms with Gasteiger partial charge in [0, 0.05) is 5.70 Å². The van der Waals surface area contributed by atoms with Gasteiger partial charge in [0.15, 0.2) is 0 Å². The molecule has 1 saturated heterocycles. The van der Waals surface area contributed by atoms with Crippen LogP contribution in [0, 0.1) is 6.42 Å². The molecule has 18 heavy (non-hydrogen) atoms. The SMILES string of the molecule is C1=CC(N2C[CH-]CC2)=CCC1.CC.CC.CC.[K+]. The second-order valence-electron chi connectivity index (χ2n) is 3.13. The molecule has 0 amide bonds. The van der Waals surface area contributed by atoms with Crippen LogP contribution in [-0.4, -0.2) is 18.0 Å². The minimum Gasteiger partial charge on any atom is -0.404 e. The molecule has 102 valence electrons. The summed E-state index contributed by atoms with van der Waals surface area (Å²) in [5.74, 6) is 0. The fourth-order valence-corrected chi connectivity index (χ4v) is 1.65. The van der Waals surface area contributed by atoms with Crippen molar-refractivity contribution in [1.82, 2.24) is 4.90 Å². The number of likely N-dealkylation sites (tertiary alicyclic amines) is 1. The van der Waals surface area contributed by atoms with E-state index in [-0.39, 0.29) is 51.4 Å². The van der Waals surface area contributed by atoms with Crippen LogP contribution in [0.4, 0.5) is 0 Å². The molecule has 1 heterocycles. The van der Waals surface area contributed by atoms with Gasteiger partial charge in [-0.2, -0.15) is 6.42 Å². The fourth-order valence-electron chi connectivity index (χ4n) is 1.65. The first-order chi connectivity index (χ1) is 8.47. The van der Waals surface area contributed by atoms with Crippen LogP contribution >= 0.6 is 0 Å². The first kappa shape index (κ1) is 24.0. The summed E-state index contributed by atoms with van der Waals surface area (Å²) in [4.78, 5) is 2.44. The maximum atomic E-state index is 2.44. The van der Waals surface area contributed by atoms with Crippen molar-refractivity contribution in [3.8, 4) is 0 Å². The summed E-state index contributed by atoms with van der Waals surface area (Å²) in [7, 11) is 0. The third-order valence-corrected chi connectivity index (χ3v) is 2.29. The van der Waals surface area contributed by atoms with E-state index in [1.807, 2.05) is 41.5 Å². The summed E-state index contributed by atoms with van der Waals surface area (Å²) in [5, 5.41) is 0.